The van der Waals surface area contributed by atoms with E-state index in [9.17, 15) is 0 Å². The molecule has 0 bridgehead atoms. The normalized spacial score (nSPS) is 13.2. The van der Waals surface area contributed by atoms with Crippen LogP contribution in [-0.2, 0) is 6.42 Å². The van der Waals surface area contributed by atoms with E-state index < -0.39 is 0 Å². The lowest BCUT2D eigenvalue weighted by Gasteiger charge is -2.55. The third-order valence-corrected chi connectivity index (χ3v) is 9.10. The Kier molecular flexibility index (Phi) is 27.9. The summed E-state index contributed by atoms with van der Waals surface area (Å²) in [7, 11) is 0. The van der Waals surface area contributed by atoms with Crippen LogP contribution in [0.1, 0.15) is 251 Å². The zero-order chi connectivity index (χ0) is 40.7. The number of hydrogen-bond donors (Lipinski definition) is 0. The summed E-state index contributed by atoms with van der Waals surface area (Å²) in [5.74, 6) is 0. The Bertz CT molecular complexity index is 823. The molecule has 0 radical (unpaired) electrons. The molecule has 1 aromatic carbocycles. The minimum Gasteiger partial charge on any atom is -0.0776 e. The van der Waals surface area contributed by atoms with E-state index >= 15 is 0 Å². The van der Waals surface area contributed by atoms with Gasteiger partial charge in [-0.3, -0.25) is 0 Å². The van der Waals surface area contributed by atoms with Crippen molar-refractivity contribution in [3.8, 4) is 0 Å². The van der Waals surface area contributed by atoms with Crippen LogP contribution in [-0.4, -0.2) is 0 Å². The van der Waals surface area contributed by atoms with Crippen molar-refractivity contribution < 1.29 is 0 Å². The van der Waals surface area contributed by atoms with Gasteiger partial charge in [-0.15, -0.1) is 0 Å². The van der Waals surface area contributed by atoms with Crippen molar-refractivity contribution >= 4 is 0 Å². The molecule has 0 heteroatoms. The highest BCUT2D eigenvalue weighted by molar-refractivity contribution is 5.18. The molecule has 0 atom stereocenters. The first-order valence-corrected chi connectivity index (χ1v) is 21.3. The maximum absolute atomic E-state index is 2.55. The van der Waals surface area contributed by atoms with Gasteiger partial charge >= 0.3 is 0 Å². The van der Waals surface area contributed by atoms with Crippen LogP contribution in [0.25, 0.3) is 0 Å². The van der Waals surface area contributed by atoms with Gasteiger partial charge in [-0.05, 0) is 112 Å². The van der Waals surface area contributed by atoms with Crippen molar-refractivity contribution in [1.29, 1.82) is 0 Å². The summed E-state index contributed by atoms with van der Waals surface area (Å²) < 4.78 is 0. The molecule has 0 aliphatic heterocycles. The van der Waals surface area contributed by atoms with Gasteiger partial charge in [0.15, 0.2) is 0 Å². The fourth-order valence-corrected chi connectivity index (χ4v) is 10.7. The van der Waals surface area contributed by atoms with Crippen LogP contribution in [0, 0.1) is 48.7 Å². The molecule has 0 heterocycles. The monoisotopic (exact) mass is 733 g/mol. The number of benzene rings is 1. The van der Waals surface area contributed by atoms with Crippen molar-refractivity contribution in [2.75, 3.05) is 0 Å². The summed E-state index contributed by atoms with van der Waals surface area (Å²) in [4.78, 5) is 0. The summed E-state index contributed by atoms with van der Waals surface area (Å²) in [5.41, 5.74) is 3.98. The lowest BCUT2D eigenvalue weighted by Crippen LogP contribution is -2.45. The quantitative estimate of drug-likeness (QED) is 0.189. The summed E-state index contributed by atoms with van der Waals surface area (Å²) >= 11 is 0. The highest BCUT2D eigenvalue weighted by Crippen LogP contribution is 2.61. The van der Waals surface area contributed by atoms with Gasteiger partial charge in [0.2, 0.25) is 0 Å². The highest BCUT2D eigenvalue weighted by atomic mass is 14.6. The maximum Gasteiger partial charge on any atom is -0.0222 e. The van der Waals surface area contributed by atoms with E-state index in [0.717, 1.165) is 0 Å². The topological polar surface area (TPSA) is 0 Å². The molecule has 0 aliphatic rings. The molecule has 0 aromatic heterocycles. The third-order valence-electron chi connectivity index (χ3n) is 9.10. The fourth-order valence-electron chi connectivity index (χ4n) is 10.7. The molecule has 316 valence electrons. The zero-order valence-electron chi connectivity index (χ0n) is 40.0. The first-order chi connectivity index (χ1) is 22.3. The molecular weight excluding hydrogens is 625 g/mol. The molecule has 0 spiro atoms. The summed E-state index contributed by atoms with van der Waals surface area (Å²) in [5, 5.41) is 0. The SMILES string of the molecule is C.C.CC.CC.CC.CCC(Cc1ccccc1)(CC(CC(C)(C)C)(CC(C)(C)C)CC(C)(C)C)CC(CC(C)(C)C)(CC(C)(C)C)CC(C)(C)C. The van der Waals surface area contributed by atoms with Crippen LogP contribution in [0.3, 0.4) is 0 Å². The van der Waals surface area contributed by atoms with Crippen LogP contribution in [0.2, 0.25) is 0 Å². The van der Waals surface area contributed by atoms with Gasteiger partial charge in [-0.25, -0.2) is 0 Å². The minimum absolute atomic E-state index is 0. The standard InChI is InChI=1S/C44H82.3C2H6.2CH4/c1-20-42(26-35-24-22-21-23-25-35,33-43(27-36(2,3)4,28-37(5,6)7)29-38(8,9)10)34-44(30-39(11,12)13,31-40(14,15)16)32-41(17,18)19;3*1-2;;/h21-25H,20,26-34H2,1-19H3;3*1-2H3;2*1H4. The third kappa shape index (κ3) is 28.6. The van der Waals surface area contributed by atoms with Crippen molar-refractivity contribution in [1.82, 2.24) is 0 Å². The van der Waals surface area contributed by atoms with Gasteiger partial charge < -0.3 is 0 Å². The highest BCUT2D eigenvalue weighted by Gasteiger charge is 2.51. The van der Waals surface area contributed by atoms with Gasteiger partial charge in [0.1, 0.15) is 0 Å². The van der Waals surface area contributed by atoms with Gasteiger partial charge in [-0.2, -0.15) is 0 Å². The van der Waals surface area contributed by atoms with Crippen molar-refractivity contribution in [2.24, 2.45) is 48.7 Å². The van der Waals surface area contributed by atoms with E-state index in [0.29, 0.717) is 0 Å². The van der Waals surface area contributed by atoms with Crippen LogP contribution in [0.4, 0.5) is 0 Å². The second-order valence-corrected chi connectivity index (χ2v) is 23.3. The van der Waals surface area contributed by atoms with Crippen LogP contribution >= 0.6 is 0 Å². The summed E-state index contributed by atoms with van der Waals surface area (Å²) in [6.45, 7) is 59.6. The fraction of sp³-hybridized carbons (Fsp3) is 0.885. The van der Waals surface area contributed by atoms with E-state index in [-0.39, 0.29) is 63.6 Å². The minimum atomic E-state index is 0. The smallest absolute Gasteiger partial charge is 0.0222 e. The molecule has 0 saturated carbocycles. The van der Waals surface area contributed by atoms with Gasteiger partial charge in [0, 0.05) is 0 Å². The average molecular weight is 733 g/mol. The van der Waals surface area contributed by atoms with E-state index in [1.165, 1.54) is 69.8 Å². The molecule has 0 fully saturated rings. The lowest BCUT2D eigenvalue weighted by atomic mass is 9.50. The van der Waals surface area contributed by atoms with Gasteiger partial charge in [-0.1, -0.05) is 225 Å². The van der Waals surface area contributed by atoms with Crippen molar-refractivity contribution in [3.05, 3.63) is 35.9 Å². The second kappa shape index (κ2) is 24.0. The van der Waals surface area contributed by atoms with Crippen molar-refractivity contribution in [2.45, 2.75) is 252 Å². The maximum atomic E-state index is 2.55. The average Bonchev–Trinajstić information content (AvgIpc) is 2.86. The molecule has 0 aliphatic carbocycles. The zero-order valence-corrected chi connectivity index (χ0v) is 40.0. The van der Waals surface area contributed by atoms with Gasteiger partial charge in [0.05, 0.1) is 0 Å². The molecule has 0 N–H and O–H groups in total. The first kappa shape index (κ1) is 60.5. The number of rotatable bonds is 13. The van der Waals surface area contributed by atoms with E-state index in [2.05, 4.69) is 162 Å². The molecule has 1 aromatic rings. The largest absolute Gasteiger partial charge is 0.0776 e. The second-order valence-electron chi connectivity index (χ2n) is 23.3. The molecule has 0 saturated heterocycles. The molecular formula is C52H108. The Morgan fingerprint density at radius 1 is 0.327 bits per heavy atom. The van der Waals surface area contributed by atoms with Crippen LogP contribution in [0.5, 0.6) is 0 Å². The summed E-state index contributed by atoms with van der Waals surface area (Å²) in [6, 6.07) is 11.6. The predicted octanol–water partition coefficient (Wildman–Crippen LogP) is 19.3. The lowest BCUT2D eigenvalue weighted by molar-refractivity contribution is -0.0416. The first-order valence-electron chi connectivity index (χ1n) is 21.3. The molecule has 0 nitrogen and oxygen atoms in total. The summed E-state index contributed by atoms with van der Waals surface area (Å²) in [6.07, 6.45) is 12.8. The predicted molar refractivity (Wildman–Crippen MR) is 249 cm³/mol. The Balaban J connectivity index is -0.000000871. The van der Waals surface area contributed by atoms with E-state index in [1.54, 1.807) is 0 Å². The Morgan fingerprint density at radius 2 is 0.538 bits per heavy atom. The Labute approximate surface area is 335 Å². The van der Waals surface area contributed by atoms with Crippen molar-refractivity contribution in [3.63, 3.8) is 0 Å². The number of hydrogen-bond acceptors (Lipinski definition) is 0. The van der Waals surface area contributed by atoms with E-state index in [1.807, 2.05) is 41.5 Å². The van der Waals surface area contributed by atoms with Gasteiger partial charge in [0.25, 0.3) is 0 Å². The molecule has 0 unspecified atom stereocenters. The molecule has 0 amide bonds. The molecule has 1 rings (SSSR count). The Morgan fingerprint density at radius 3 is 0.712 bits per heavy atom. The Hall–Kier alpha value is -0.780. The van der Waals surface area contributed by atoms with E-state index in [4.69, 9.17) is 0 Å². The van der Waals surface area contributed by atoms with Crippen LogP contribution in [0.15, 0.2) is 30.3 Å². The molecule has 52 heavy (non-hydrogen) atoms. The van der Waals surface area contributed by atoms with Crippen LogP contribution < -0.4 is 0 Å².